The summed E-state index contributed by atoms with van der Waals surface area (Å²) in [5.74, 6) is 1.18. The van der Waals surface area contributed by atoms with E-state index in [9.17, 15) is 18.6 Å². The third-order valence-corrected chi connectivity index (χ3v) is 11.2. The van der Waals surface area contributed by atoms with Crippen LogP contribution >= 0.6 is 7.26 Å². The number of nitrogens with one attached hydrogen (secondary N) is 1. The van der Waals surface area contributed by atoms with Crippen molar-refractivity contribution in [1.29, 1.82) is 0 Å². The van der Waals surface area contributed by atoms with Crippen LogP contribution in [-0.4, -0.2) is 20.2 Å². The van der Waals surface area contributed by atoms with E-state index in [4.69, 9.17) is 0 Å². The van der Waals surface area contributed by atoms with E-state index in [1.54, 1.807) is 12.1 Å². The largest absolute Gasteiger partial charge is 0.760 e. The second kappa shape index (κ2) is 10.2. The molecule has 0 saturated heterocycles. The average Bonchev–Trinajstić information content (AvgIpc) is 2.88. The second-order valence-corrected chi connectivity index (χ2v) is 12.9. The predicted octanol–water partition coefficient (Wildman–Crippen LogP) is 3.92. The van der Waals surface area contributed by atoms with E-state index >= 15 is 0 Å². The van der Waals surface area contributed by atoms with Gasteiger partial charge in [0.1, 0.15) is 15.9 Å². The normalized spacial score (nSPS) is 11.3. The minimum Gasteiger partial charge on any atom is -0.760 e. The SMILES string of the molecule is Cc1ccc(S(=O)(=O)NC(=O)C(=C=[N-])[P+](c2ccccc2)(c2ccccc2)c2ccccc2)cc1. The van der Waals surface area contributed by atoms with Gasteiger partial charge in [0.05, 0.1) is 4.90 Å². The monoisotopic (exact) mass is 498 g/mol. The summed E-state index contributed by atoms with van der Waals surface area (Å²) in [6.07, 6.45) is 0. The zero-order valence-electron chi connectivity index (χ0n) is 19.0. The summed E-state index contributed by atoms with van der Waals surface area (Å²) >= 11 is 0. The Hall–Kier alpha value is -3.82. The van der Waals surface area contributed by atoms with Gasteiger partial charge in [-0.2, -0.15) is 0 Å². The molecule has 0 heterocycles. The molecule has 0 atom stereocenters. The Labute approximate surface area is 206 Å². The number of hydrogen-bond acceptors (Lipinski definition) is 3. The van der Waals surface area contributed by atoms with E-state index in [1.165, 1.54) is 12.1 Å². The molecule has 0 aliphatic carbocycles. The molecule has 35 heavy (non-hydrogen) atoms. The highest BCUT2D eigenvalue weighted by molar-refractivity contribution is 8.00. The summed E-state index contributed by atoms with van der Waals surface area (Å²) in [5.41, 5.74) is 0.890. The number of amides is 1. The Morgan fingerprint density at radius 2 is 1.11 bits per heavy atom. The van der Waals surface area contributed by atoms with Crippen molar-refractivity contribution < 1.29 is 13.2 Å². The molecule has 0 unspecified atom stereocenters. The summed E-state index contributed by atoms with van der Waals surface area (Å²) in [6.45, 7) is 1.84. The van der Waals surface area contributed by atoms with Crippen molar-refractivity contribution in [2.24, 2.45) is 0 Å². The number of carbonyl (C=O) groups is 1. The Morgan fingerprint density at radius 3 is 1.49 bits per heavy atom. The minimum absolute atomic E-state index is 0.0446. The number of hydrogen-bond donors (Lipinski definition) is 1. The molecule has 1 amide bonds. The van der Waals surface area contributed by atoms with Crippen molar-refractivity contribution in [2.75, 3.05) is 0 Å². The lowest BCUT2D eigenvalue weighted by Gasteiger charge is -2.28. The van der Waals surface area contributed by atoms with E-state index in [0.717, 1.165) is 21.5 Å². The molecular formula is C28H23N2O3PS. The maximum absolute atomic E-state index is 13.7. The zero-order valence-corrected chi connectivity index (χ0v) is 20.7. The molecule has 4 aromatic rings. The Balaban J connectivity index is 1.94. The molecule has 5 nitrogen and oxygen atoms in total. The van der Waals surface area contributed by atoms with Gasteiger partial charge >= 0.3 is 5.91 Å². The fourth-order valence-electron chi connectivity index (χ4n) is 4.01. The van der Waals surface area contributed by atoms with Crippen molar-refractivity contribution in [3.05, 3.63) is 132 Å². The first-order valence-electron chi connectivity index (χ1n) is 10.9. The topological polar surface area (TPSA) is 85.5 Å². The van der Waals surface area contributed by atoms with Crippen LogP contribution < -0.4 is 20.6 Å². The summed E-state index contributed by atoms with van der Waals surface area (Å²) in [6, 6.07) is 34.2. The highest BCUT2D eigenvalue weighted by atomic mass is 32.2. The summed E-state index contributed by atoms with van der Waals surface area (Å²) < 4.78 is 28.3. The molecule has 0 aliphatic rings. The van der Waals surface area contributed by atoms with Gasteiger partial charge in [-0.1, -0.05) is 72.3 Å². The maximum atomic E-state index is 13.7. The van der Waals surface area contributed by atoms with Crippen LogP contribution in [0.2, 0.25) is 0 Å². The maximum Gasteiger partial charge on any atom is 0.307 e. The van der Waals surface area contributed by atoms with Crippen LogP contribution in [0.3, 0.4) is 0 Å². The van der Waals surface area contributed by atoms with Gasteiger partial charge in [0.2, 0.25) is 0 Å². The highest BCUT2D eigenvalue weighted by Crippen LogP contribution is 2.61. The van der Waals surface area contributed by atoms with E-state index in [1.807, 2.05) is 97.9 Å². The van der Waals surface area contributed by atoms with Crippen molar-refractivity contribution in [2.45, 2.75) is 11.8 Å². The van der Waals surface area contributed by atoms with Gasteiger partial charge in [0.15, 0.2) is 12.6 Å². The molecule has 0 aliphatic heterocycles. The van der Waals surface area contributed by atoms with Crippen LogP contribution in [0.5, 0.6) is 0 Å². The molecule has 0 fully saturated rings. The number of aryl methyl sites for hydroxylation is 1. The number of rotatable bonds is 7. The summed E-state index contributed by atoms with van der Waals surface area (Å²) in [7, 11) is -7.22. The molecule has 0 radical (unpaired) electrons. The van der Waals surface area contributed by atoms with Crippen molar-refractivity contribution >= 4 is 45.0 Å². The quantitative estimate of drug-likeness (QED) is 0.238. The van der Waals surface area contributed by atoms with Crippen LogP contribution in [0.4, 0.5) is 0 Å². The van der Waals surface area contributed by atoms with E-state index in [2.05, 4.69) is 10.6 Å². The van der Waals surface area contributed by atoms with Crippen LogP contribution in [0, 0.1) is 6.92 Å². The molecule has 0 bridgehead atoms. The number of nitrogens with zero attached hydrogens (tertiary/aromatic N) is 1. The molecule has 7 heteroatoms. The first-order valence-corrected chi connectivity index (χ1v) is 14.1. The van der Waals surface area contributed by atoms with E-state index in [-0.39, 0.29) is 10.2 Å². The first-order chi connectivity index (χ1) is 16.9. The lowest BCUT2D eigenvalue weighted by molar-refractivity contribution is -0.115. The van der Waals surface area contributed by atoms with E-state index in [0.29, 0.717) is 0 Å². The standard InChI is InChI=1S/C28H23N2O3PS/c1-22-17-19-26(20-18-22)35(32,33)30-28(31)27(21-29)34(23-11-5-2-6-12-23,24-13-7-3-8-14-24)25-15-9-4-10-16-25/h2-20H,1H3,(H,30,31). The van der Waals surface area contributed by atoms with Crippen LogP contribution in [0.15, 0.2) is 125 Å². The predicted molar refractivity (Wildman–Crippen MR) is 144 cm³/mol. The van der Waals surface area contributed by atoms with Crippen molar-refractivity contribution in [3.8, 4) is 0 Å². The zero-order chi connectivity index (χ0) is 24.9. The Morgan fingerprint density at radius 1 is 0.714 bits per heavy atom. The molecule has 0 aromatic heterocycles. The van der Waals surface area contributed by atoms with Crippen molar-refractivity contribution in [3.63, 3.8) is 0 Å². The molecule has 4 rings (SSSR count). The summed E-state index contributed by atoms with van der Waals surface area (Å²) in [5, 5.41) is 12.6. The van der Waals surface area contributed by atoms with Crippen LogP contribution in [0.25, 0.3) is 5.41 Å². The van der Waals surface area contributed by atoms with Gasteiger partial charge in [0, 0.05) is 0 Å². The first kappa shape index (κ1) is 24.3. The fourth-order valence-corrected chi connectivity index (χ4v) is 9.09. The Kier molecular flexibility index (Phi) is 7.09. The number of benzene rings is 4. The molecule has 174 valence electrons. The highest BCUT2D eigenvalue weighted by Gasteiger charge is 2.52. The average molecular weight is 499 g/mol. The minimum atomic E-state index is -4.19. The van der Waals surface area contributed by atoms with Crippen molar-refractivity contribution in [1.82, 2.24) is 4.72 Å². The summed E-state index contributed by atoms with van der Waals surface area (Å²) in [4.78, 5) is 13.6. The van der Waals surface area contributed by atoms with E-state index < -0.39 is 23.2 Å². The molecule has 4 aromatic carbocycles. The number of carbonyl (C=O) groups excluding carboxylic acids is 1. The van der Waals surface area contributed by atoms with Crippen LogP contribution in [0.1, 0.15) is 5.56 Å². The van der Waals surface area contributed by atoms with Gasteiger partial charge in [-0.15, -0.1) is 0 Å². The van der Waals surface area contributed by atoms with Gasteiger partial charge < -0.3 is 5.41 Å². The smallest absolute Gasteiger partial charge is 0.307 e. The van der Waals surface area contributed by atoms with Gasteiger partial charge in [0.25, 0.3) is 10.0 Å². The molecule has 1 N–H and O–H groups in total. The van der Waals surface area contributed by atoms with Gasteiger partial charge in [-0.05, 0) is 55.5 Å². The van der Waals surface area contributed by atoms with Crippen LogP contribution in [-0.2, 0) is 14.8 Å². The molecule has 0 spiro atoms. The lowest BCUT2D eigenvalue weighted by atomic mass is 10.2. The molecule has 0 saturated carbocycles. The molecular weight excluding hydrogens is 475 g/mol. The lowest BCUT2D eigenvalue weighted by Crippen LogP contribution is -2.40. The number of sulfonamides is 1. The van der Waals surface area contributed by atoms with Gasteiger partial charge in [-0.3, -0.25) is 4.79 Å². The Bertz CT molecular complexity index is 1390. The third-order valence-electron chi connectivity index (χ3n) is 5.65. The van der Waals surface area contributed by atoms with Gasteiger partial charge in [-0.25, -0.2) is 19.0 Å². The second-order valence-electron chi connectivity index (χ2n) is 7.89. The fraction of sp³-hybridized carbons (Fsp3) is 0.0357. The third kappa shape index (κ3) is 4.73.